The second-order valence-corrected chi connectivity index (χ2v) is 3.12. The number of aromatic amines is 1. The Morgan fingerprint density at radius 2 is 2.14 bits per heavy atom. The molecule has 0 amide bonds. The predicted octanol–water partition coefficient (Wildman–Crippen LogP) is 0.0528. The fourth-order valence-corrected chi connectivity index (χ4v) is 0.900. The topological polar surface area (TPSA) is 73.9 Å². The lowest BCUT2D eigenvalue weighted by Gasteiger charge is -2.10. The van der Waals surface area contributed by atoms with Crippen LogP contribution in [0.5, 0.6) is 0 Å². The maximum atomic E-state index is 11.1. The lowest BCUT2D eigenvalue weighted by Crippen LogP contribution is -2.22. The van der Waals surface area contributed by atoms with Crippen LogP contribution in [0.1, 0.15) is 13.3 Å². The average molecular weight is 197 g/mol. The molecule has 1 aromatic heterocycles. The molecule has 1 rings (SSSR count). The number of anilines is 2. The first-order chi connectivity index (χ1) is 6.63. The largest absolute Gasteiger partial charge is 0.356 e. The number of H-pyrrole nitrogens is 1. The van der Waals surface area contributed by atoms with Gasteiger partial charge in [0, 0.05) is 20.6 Å². The van der Waals surface area contributed by atoms with Crippen molar-refractivity contribution in [2.75, 3.05) is 30.9 Å². The summed E-state index contributed by atoms with van der Waals surface area (Å²) in [5.74, 6) is 0.878. The van der Waals surface area contributed by atoms with Crippen LogP contribution in [-0.2, 0) is 0 Å². The van der Waals surface area contributed by atoms with Crippen molar-refractivity contribution < 1.29 is 0 Å². The zero-order valence-corrected chi connectivity index (χ0v) is 8.66. The van der Waals surface area contributed by atoms with E-state index >= 15 is 0 Å². The molecule has 1 heterocycles. The van der Waals surface area contributed by atoms with Gasteiger partial charge in [0.2, 0.25) is 11.9 Å². The summed E-state index contributed by atoms with van der Waals surface area (Å²) in [5.41, 5.74) is -0.387. The summed E-state index contributed by atoms with van der Waals surface area (Å²) in [6, 6.07) is 0. The number of nitrogens with zero attached hydrogens (tertiary/aromatic N) is 3. The van der Waals surface area contributed by atoms with Crippen LogP contribution >= 0.6 is 0 Å². The van der Waals surface area contributed by atoms with Crippen molar-refractivity contribution in [3.8, 4) is 0 Å². The molecule has 0 atom stereocenters. The molecule has 2 N–H and O–H groups in total. The van der Waals surface area contributed by atoms with Crippen LogP contribution in [0, 0.1) is 0 Å². The predicted molar refractivity (Wildman–Crippen MR) is 55.8 cm³/mol. The highest BCUT2D eigenvalue weighted by Gasteiger charge is 2.02. The fourth-order valence-electron chi connectivity index (χ4n) is 0.900. The average Bonchev–Trinajstić information content (AvgIpc) is 2.14. The number of aromatic nitrogens is 3. The van der Waals surface area contributed by atoms with Crippen molar-refractivity contribution in [3.05, 3.63) is 10.5 Å². The first-order valence-corrected chi connectivity index (χ1v) is 4.53. The van der Waals surface area contributed by atoms with Crippen molar-refractivity contribution in [2.24, 2.45) is 0 Å². The van der Waals surface area contributed by atoms with Gasteiger partial charge in [-0.25, -0.2) is 4.79 Å². The molecule has 0 aliphatic rings. The SMILES string of the molecule is CCCNc1nc(N(C)C)nc(=O)[nH]1. The van der Waals surface area contributed by atoms with Crippen LogP contribution < -0.4 is 15.9 Å². The molecule has 0 fully saturated rings. The van der Waals surface area contributed by atoms with Gasteiger partial charge in [0.25, 0.3) is 0 Å². The monoisotopic (exact) mass is 197 g/mol. The molecule has 0 saturated carbocycles. The Hall–Kier alpha value is -1.59. The second kappa shape index (κ2) is 4.59. The standard InChI is InChI=1S/C8H15N5O/c1-4-5-9-6-10-7(13(2)3)12-8(14)11-6/h4-5H2,1-3H3,(H2,9,10,11,12,14). The van der Waals surface area contributed by atoms with E-state index in [0.29, 0.717) is 11.9 Å². The summed E-state index contributed by atoms with van der Waals surface area (Å²) >= 11 is 0. The minimum atomic E-state index is -0.387. The normalized spacial score (nSPS) is 9.93. The Morgan fingerprint density at radius 3 is 2.71 bits per heavy atom. The van der Waals surface area contributed by atoms with Crippen molar-refractivity contribution in [1.82, 2.24) is 15.0 Å². The van der Waals surface area contributed by atoms with Gasteiger partial charge in [0.15, 0.2) is 0 Å². The van der Waals surface area contributed by atoms with Gasteiger partial charge in [0.1, 0.15) is 0 Å². The van der Waals surface area contributed by atoms with Crippen LogP contribution in [0.4, 0.5) is 11.9 Å². The van der Waals surface area contributed by atoms with E-state index in [1.165, 1.54) is 0 Å². The van der Waals surface area contributed by atoms with Gasteiger partial charge in [-0.05, 0) is 6.42 Å². The Bertz CT molecular complexity index is 346. The first-order valence-electron chi connectivity index (χ1n) is 4.53. The van der Waals surface area contributed by atoms with Crippen LogP contribution in [0.3, 0.4) is 0 Å². The van der Waals surface area contributed by atoms with Gasteiger partial charge < -0.3 is 10.2 Å². The van der Waals surface area contributed by atoms with Crippen LogP contribution in [0.25, 0.3) is 0 Å². The summed E-state index contributed by atoms with van der Waals surface area (Å²) in [6.45, 7) is 2.82. The van der Waals surface area contributed by atoms with Gasteiger partial charge in [-0.15, -0.1) is 0 Å². The molecule has 0 radical (unpaired) electrons. The smallest absolute Gasteiger partial charge is 0.350 e. The van der Waals surface area contributed by atoms with Gasteiger partial charge in [-0.1, -0.05) is 6.92 Å². The summed E-state index contributed by atoms with van der Waals surface area (Å²) < 4.78 is 0. The molecular formula is C8H15N5O. The molecule has 6 heteroatoms. The zero-order chi connectivity index (χ0) is 10.6. The maximum absolute atomic E-state index is 11.1. The number of rotatable bonds is 4. The Morgan fingerprint density at radius 1 is 1.43 bits per heavy atom. The van der Waals surface area contributed by atoms with Crippen molar-refractivity contribution in [1.29, 1.82) is 0 Å². The van der Waals surface area contributed by atoms with E-state index < -0.39 is 0 Å². The highest BCUT2D eigenvalue weighted by Crippen LogP contribution is 2.01. The molecule has 6 nitrogen and oxygen atoms in total. The maximum Gasteiger partial charge on any atom is 0.350 e. The molecule has 0 aliphatic heterocycles. The lowest BCUT2D eigenvalue weighted by atomic mass is 10.5. The van der Waals surface area contributed by atoms with Gasteiger partial charge in [-0.3, -0.25) is 4.98 Å². The van der Waals surface area contributed by atoms with Gasteiger partial charge >= 0.3 is 5.69 Å². The molecule has 78 valence electrons. The molecule has 0 aliphatic carbocycles. The minimum Gasteiger partial charge on any atom is -0.356 e. The highest BCUT2D eigenvalue weighted by molar-refractivity contribution is 5.33. The number of nitrogens with one attached hydrogen (secondary N) is 2. The molecule has 0 unspecified atom stereocenters. The van der Waals surface area contributed by atoms with Crippen LogP contribution in [-0.4, -0.2) is 35.6 Å². The summed E-state index contributed by atoms with van der Waals surface area (Å²) in [4.78, 5) is 23.1. The quantitative estimate of drug-likeness (QED) is 0.713. The summed E-state index contributed by atoms with van der Waals surface area (Å²) in [5, 5.41) is 3.00. The van der Waals surface area contributed by atoms with Crippen molar-refractivity contribution >= 4 is 11.9 Å². The fraction of sp³-hybridized carbons (Fsp3) is 0.625. The van der Waals surface area contributed by atoms with Crippen LogP contribution in [0.2, 0.25) is 0 Å². The molecule has 14 heavy (non-hydrogen) atoms. The lowest BCUT2D eigenvalue weighted by molar-refractivity contribution is 0.894. The van der Waals surface area contributed by atoms with E-state index in [2.05, 4.69) is 20.3 Å². The van der Waals surface area contributed by atoms with Gasteiger partial charge in [0.05, 0.1) is 0 Å². The van der Waals surface area contributed by atoms with E-state index in [4.69, 9.17) is 0 Å². The van der Waals surface area contributed by atoms with E-state index in [-0.39, 0.29) is 5.69 Å². The summed E-state index contributed by atoms with van der Waals surface area (Å²) in [6.07, 6.45) is 0.976. The number of hydrogen-bond acceptors (Lipinski definition) is 5. The molecule has 0 bridgehead atoms. The Labute approximate surface area is 82.4 Å². The van der Waals surface area contributed by atoms with Crippen molar-refractivity contribution in [3.63, 3.8) is 0 Å². The third kappa shape index (κ3) is 2.72. The van der Waals surface area contributed by atoms with E-state index in [1.54, 1.807) is 19.0 Å². The third-order valence-corrected chi connectivity index (χ3v) is 1.58. The molecule has 0 saturated heterocycles. The minimum absolute atomic E-state index is 0.387. The van der Waals surface area contributed by atoms with Crippen molar-refractivity contribution in [2.45, 2.75) is 13.3 Å². The molecule has 0 aromatic carbocycles. The Kier molecular flexibility index (Phi) is 3.44. The second-order valence-electron chi connectivity index (χ2n) is 3.12. The molecule has 1 aromatic rings. The van der Waals surface area contributed by atoms with E-state index in [9.17, 15) is 4.79 Å². The first kappa shape index (κ1) is 10.5. The van der Waals surface area contributed by atoms with E-state index in [0.717, 1.165) is 13.0 Å². The van der Waals surface area contributed by atoms with Gasteiger partial charge in [-0.2, -0.15) is 9.97 Å². The summed E-state index contributed by atoms with van der Waals surface area (Å²) in [7, 11) is 3.58. The third-order valence-electron chi connectivity index (χ3n) is 1.58. The van der Waals surface area contributed by atoms with E-state index in [1.807, 2.05) is 6.92 Å². The number of hydrogen-bond donors (Lipinski definition) is 2. The zero-order valence-electron chi connectivity index (χ0n) is 8.66. The molecular weight excluding hydrogens is 182 g/mol. The Balaban J connectivity index is 2.90. The van der Waals surface area contributed by atoms with Crippen LogP contribution in [0.15, 0.2) is 4.79 Å². The highest BCUT2D eigenvalue weighted by atomic mass is 16.1. The molecule has 0 spiro atoms.